The van der Waals surface area contributed by atoms with Crippen LogP contribution in [-0.2, 0) is 6.42 Å². The molecule has 3 aromatic rings. The van der Waals surface area contributed by atoms with Crippen LogP contribution in [0.15, 0.2) is 84.9 Å². The third-order valence-corrected chi connectivity index (χ3v) is 3.66. The van der Waals surface area contributed by atoms with Gasteiger partial charge in [0.25, 0.3) is 0 Å². The third kappa shape index (κ3) is 4.33. The Labute approximate surface area is 155 Å². The Balaban J connectivity index is 0.00000192. The fraction of sp³-hybridized carbons (Fsp3) is 0.100. The number of benzene rings is 3. The minimum atomic E-state index is 0. The van der Waals surface area contributed by atoms with Crippen molar-refractivity contribution in [3.63, 3.8) is 0 Å². The van der Waals surface area contributed by atoms with Gasteiger partial charge in [-0.25, -0.2) is 0 Å². The largest absolute Gasteiger partial charge is 0.330 e. The highest BCUT2D eigenvalue weighted by molar-refractivity contribution is 14.0. The summed E-state index contributed by atoms with van der Waals surface area (Å²) >= 11 is 0. The number of nitrogens with two attached hydrogens (primary N) is 1. The molecule has 0 radical (unpaired) electrons. The summed E-state index contributed by atoms with van der Waals surface area (Å²) in [5.74, 6) is 0. The van der Waals surface area contributed by atoms with Gasteiger partial charge in [-0.15, -0.1) is 24.0 Å². The zero-order valence-corrected chi connectivity index (χ0v) is 15.3. The van der Waals surface area contributed by atoms with E-state index in [0.717, 1.165) is 23.5 Å². The van der Waals surface area contributed by atoms with Gasteiger partial charge in [-0.3, -0.25) is 0 Å². The standard InChI is InChI=1S/C20H20N2.HI/c21-16-15-17-11-13-20(14-12-17)22(18-7-3-1-4-8-18)19-9-5-2-6-10-19;/h1-14H,15-16,21H2;1H. The average molecular weight is 416 g/mol. The van der Waals surface area contributed by atoms with Crippen molar-refractivity contribution in [1.82, 2.24) is 0 Å². The van der Waals surface area contributed by atoms with Gasteiger partial charge in [0.1, 0.15) is 0 Å². The molecule has 0 heterocycles. The molecule has 0 saturated carbocycles. The van der Waals surface area contributed by atoms with E-state index in [1.54, 1.807) is 0 Å². The van der Waals surface area contributed by atoms with E-state index in [9.17, 15) is 0 Å². The first-order valence-corrected chi connectivity index (χ1v) is 7.58. The predicted molar refractivity (Wildman–Crippen MR) is 109 cm³/mol. The molecule has 0 aliphatic rings. The van der Waals surface area contributed by atoms with Gasteiger partial charge in [-0.2, -0.15) is 0 Å². The second-order valence-corrected chi connectivity index (χ2v) is 5.21. The van der Waals surface area contributed by atoms with Gasteiger partial charge in [0.05, 0.1) is 0 Å². The topological polar surface area (TPSA) is 29.3 Å². The van der Waals surface area contributed by atoms with Crippen LogP contribution in [0, 0.1) is 0 Å². The Bertz CT molecular complexity index is 657. The van der Waals surface area contributed by atoms with Gasteiger partial charge in [-0.05, 0) is 54.9 Å². The summed E-state index contributed by atoms with van der Waals surface area (Å²) in [7, 11) is 0. The monoisotopic (exact) mass is 416 g/mol. The summed E-state index contributed by atoms with van der Waals surface area (Å²) in [6, 6.07) is 29.5. The number of para-hydroxylation sites is 2. The molecule has 0 amide bonds. The minimum absolute atomic E-state index is 0. The summed E-state index contributed by atoms with van der Waals surface area (Å²) in [5.41, 5.74) is 10.4. The van der Waals surface area contributed by atoms with Crippen LogP contribution in [-0.4, -0.2) is 6.54 Å². The van der Waals surface area contributed by atoms with Crippen LogP contribution in [0.3, 0.4) is 0 Å². The molecule has 0 aliphatic heterocycles. The third-order valence-electron chi connectivity index (χ3n) is 3.66. The smallest absolute Gasteiger partial charge is 0.0461 e. The van der Waals surface area contributed by atoms with Crippen molar-refractivity contribution in [2.75, 3.05) is 11.4 Å². The first-order valence-electron chi connectivity index (χ1n) is 7.58. The maximum atomic E-state index is 5.63. The van der Waals surface area contributed by atoms with Crippen LogP contribution < -0.4 is 10.6 Å². The predicted octanol–water partition coefficient (Wildman–Crippen LogP) is 5.28. The van der Waals surface area contributed by atoms with Crippen molar-refractivity contribution in [2.45, 2.75) is 6.42 Å². The van der Waals surface area contributed by atoms with Gasteiger partial charge >= 0.3 is 0 Å². The lowest BCUT2D eigenvalue weighted by Gasteiger charge is -2.25. The second-order valence-electron chi connectivity index (χ2n) is 5.21. The number of hydrogen-bond donors (Lipinski definition) is 1. The van der Waals surface area contributed by atoms with Crippen LogP contribution in [0.25, 0.3) is 0 Å². The molecular formula is C20H21IN2. The van der Waals surface area contributed by atoms with Crippen molar-refractivity contribution in [2.24, 2.45) is 5.73 Å². The average Bonchev–Trinajstić information content (AvgIpc) is 2.59. The Kier molecular flexibility index (Phi) is 6.62. The maximum Gasteiger partial charge on any atom is 0.0461 e. The SMILES string of the molecule is I.NCCc1ccc(N(c2ccccc2)c2ccccc2)cc1. The van der Waals surface area contributed by atoms with E-state index in [-0.39, 0.29) is 24.0 Å². The van der Waals surface area contributed by atoms with Gasteiger partial charge < -0.3 is 10.6 Å². The fourth-order valence-corrected chi connectivity index (χ4v) is 2.58. The maximum absolute atomic E-state index is 5.63. The zero-order valence-electron chi connectivity index (χ0n) is 12.9. The quantitative estimate of drug-likeness (QED) is 0.574. The number of nitrogens with zero attached hydrogens (tertiary/aromatic N) is 1. The number of anilines is 3. The molecule has 3 heteroatoms. The van der Waals surface area contributed by atoms with Crippen LogP contribution in [0.5, 0.6) is 0 Å². The molecule has 0 fully saturated rings. The molecular weight excluding hydrogens is 395 g/mol. The van der Waals surface area contributed by atoms with Crippen molar-refractivity contribution < 1.29 is 0 Å². The van der Waals surface area contributed by atoms with E-state index in [2.05, 4.69) is 77.7 Å². The molecule has 23 heavy (non-hydrogen) atoms. The fourth-order valence-electron chi connectivity index (χ4n) is 2.58. The Morgan fingerprint density at radius 1 is 0.609 bits per heavy atom. The highest BCUT2D eigenvalue weighted by Gasteiger charge is 2.11. The molecule has 0 bridgehead atoms. The van der Waals surface area contributed by atoms with Gasteiger partial charge in [-0.1, -0.05) is 48.5 Å². The lowest BCUT2D eigenvalue weighted by molar-refractivity contribution is 0.968. The Morgan fingerprint density at radius 2 is 1.04 bits per heavy atom. The molecule has 0 atom stereocenters. The van der Waals surface area contributed by atoms with Crippen LogP contribution >= 0.6 is 24.0 Å². The molecule has 0 saturated heterocycles. The van der Waals surface area contributed by atoms with Crippen molar-refractivity contribution in [1.29, 1.82) is 0 Å². The van der Waals surface area contributed by atoms with Crippen molar-refractivity contribution in [3.05, 3.63) is 90.5 Å². The van der Waals surface area contributed by atoms with E-state index < -0.39 is 0 Å². The van der Waals surface area contributed by atoms with Crippen LogP contribution in [0.1, 0.15) is 5.56 Å². The summed E-state index contributed by atoms with van der Waals surface area (Å²) in [6.45, 7) is 0.681. The van der Waals surface area contributed by atoms with Gasteiger partial charge in [0.2, 0.25) is 0 Å². The molecule has 2 nitrogen and oxygen atoms in total. The van der Waals surface area contributed by atoms with E-state index in [1.165, 1.54) is 5.56 Å². The molecule has 0 unspecified atom stereocenters. The first-order chi connectivity index (χ1) is 10.9. The van der Waals surface area contributed by atoms with Crippen LogP contribution in [0.2, 0.25) is 0 Å². The highest BCUT2D eigenvalue weighted by Crippen LogP contribution is 2.33. The molecule has 0 spiro atoms. The lowest BCUT2D eigenvalue weighted by Crippen LogP contribution is -2.10. The van der Waals surface area contributed by atoms with E-state index in [1.807, 2.05) is 12.1 Å². The summed E-state index contributed by atoms with van der Waals surface area (Å²) in [6.07, 6.45) is 0.914. The molecule has 118 valence electrons. The normalized spacial score (nSPS) is 9.96. The zero-order chi connectivity index (χ0) is 15.2. The number of hydrogen-bond acceptors (Lipinski definition) is 2. The summed E-state index contributed by atoms with van der Waals surface area (Å²) in [4.78, 5) is 2.26. The van der Waals surface area contributed by atoms with E-state index in [4.69, 9.17) is 5.73 Å². The number of halogens is 1. The summed E-state index contributed by atoms with van der Waals surface area (Å²) in [5, 5.41) is 0. The van der Waals surface area contributed by atoms with Crippen molar-refractivity contribution in [3.8, 4) is 0 Å². The van der Waals surface area contributed by atoms with E-state index >= 15 is 0 Å². The minimum Gasteiger partial charge on any atom is -0.330 e. The Hall–Kier alpha value is -1.85. The lowest BCUT2D eigenvalue weighted by atomic mass is 10.1. The molecule has 2 N–H and O–H groups in total. The molecule has 0 aromatic heterocycles. The van der Waals surface area contributed by atoms with Gasteiger partial charge in [0, 0.05) is 17.1 Å². The number of rotatable bonds is 5. The Morgan fingerprint density at radius 3 is 1.48 bits per heavy atom. The first kappa shape index (κ1) is 17.5. The van der Waals surface area contributed by atoms with Crippen LogP contribution in [0.4, 0.5) is 17.1 Å². The summed E-state index contributed by atoms with van der Waals surface area (Å²) < 4.78 is 0. The second kappa shape index (κ2) is 8.70. The van der Waals surface area contributed by atoms with Gasteiger partial charge in [0.15, 0.2) is 0 Å². The highest BCUT2D eigenvalue weighted by atomic mass is 127. The molecule has 0 aliphatic carbocycles. The molecule has 3 rings (SSSR count). The van der Waals surface area contributed by atoms with Crippen molar-refractivity contribution >= 4 is 41.0 Å². The van der Waals surface area contributed by atoms with E-state index in [0.29, 0.717) is 6.54 Å². The molecule has 3 aromatic carbocycles.